The van der Waals surface area contributed by atoms with E-state index in [-0.39, 0.29) is 6.29 Å². The van der Waals surface area contributed by atoms with Gasteiger partial charge >= 0.3 is 0 Å². The van der Waals surface area contributed by atoms with E-state index in [0.29, 0.717) is 13.2 Å². The van der Waals surface area contributed by atoms with Crippen molar-refractivity contribution >= 4 is 6.08 Å². The van der Waals surface area contributed by atoms with Gasteiger partial charge in [-0.3, -0.25) is 0 Å². The molecule has 0 amide bonds. The molecule has 0 heterocycles. The lowest BCUT2D eigenvalue weighted by atomic mass is 10.0. The maximum absolute atomic E-state index is 6.38. The van der Waals surface area contributed by atoms with Crippen LogP contribution in [0.3, 0.4) is 0 Å². The van der Waals surface area contributed by atoms with Gasteiger partial charge in [-0.05, 0) is 47.9 Å². The quantitative estimate of drug-likeness (QED) is 0.176. The Morgan fingerprint density at radius 3 is 1.70 bits per heavy atom. The molecule has 0 unspecified atom stereocenters. The summed E-state index contributed by atoms with van der Waals surface area (Å²) in [4.78, 5) is 0. The molecule has 0 atom stereocenters. The average molecular weight is 443 g/mol. The van der Waals surface area contributed by atoms with Crippen molar-refractivity contribution in [3.8, 4) is 0 Å². The first-order valence-electron chi connectivity index (χ1n) is 12.4. The second kappa shape index (κ2) is 15.2. The number of benzene rings is 3. The van der Waals surface area contributed by atoms with Gasteiger partial charge in [0.1, 0.15) is 0 Å². The first kappa shape index (κ1) is 25.0. The summed E-state index contributed by atoms with van der Waals surface area (Å²) in [7, 11) is 0. The van der Waals surface area contributed by atoms with Crippen molar-refractivity contribution in [1.82, 2.24) is 0 Å². The molecule has 0 N–H and O–H groups in total. The zero-order chi connectivity index (χ0) is 23.0. The van der Waals surface area contributed by atoms with E-state index in [2.05, 4.69) is 104 Å². The normalized spacial score (nSPS) is 11.8. The first-order chi connectivity index (χ1) is 16.3. The van der Waals surface area contributed by atoms with Crippen molar-refractivity contribution in [2.45, 2.75) is 58.2 Å². The molecule has 0 aliphatic rings. The zero-order valence-electron chi connectivity index (χ0n) is 20.0. The van der Waals surface area contributed by atoms with E-state index in [1.54, 1.807) is 0 Å². The molecule has 0 saturated carbocycles. The maximum Gasteiger partial charge on any atom is 0.180 e. The topological polar surface area (TPSA) is 18.5 Å². The van der Waals surface area contributed by atoms with Crippen LogP contribution in [0, 0.1) is 0 Å². The van der Waals surface area contributed by atoms with Crippen LogP contribution in [-0.4, -0.2) is 19.5 Å². The monoisotopic (exact) mass is 442 g/mol. The van der Waals surface area contributed by atoms with Crippen molar-refractivity contribution < 1.29 is 9.47 Å². The number of unbranched alkanes of at least 4 members (excludes halogenated alkanes) is 3. The van der Waals surface area contributed by atoms with Crippen molar-refractivity contribution in [3.05, 3.63) is 113 Å². The smallest absolute Gasteiger partial charge is 0.180 e. The van der Waals surface area contributed by atoms with Gasteiger partial charge in [-0.2, -0.15) is 0 Å². The molecule has 174 valence electrons. The predicted octanol–water partition coefficient (Wildman–Crippen LogP) is 7.89. The maximum atomic E-state index is 6.38. The van der Waals surface area contributed by atoms with Gasteiger partial charge in [0.15, 0.2) is 6.29 Å². The van der Waals surface area contributed by atoms with Gasteiger partial charge in [-0.25, -0.2) is 0 Å². The van der Waals surface area contributed by atoms with Crippen LogP contribution < -0.4 is 0 Å². The molecule has 0 spiro atoms. The van der Waals surface area contributed by atoms with Crippen LogP contribution in [0.1, 0.15) is 55.7 Å². The molecule has 0 saturated heterocycles. The minimum atomic E-state index is -0.320. The Morgan fingerprint density at radius 1 is 0.667 bits per heavy atom. The Hall–Kier alpha value is -2.68. The second-order valence-corrected chi connectivity index (χ2v) is 8.49. The summed E-state index contributed by atoms with van der Waals surface area (Å²) in [5, 5.41) is 0. The Labute approximate surface area is 200 Å². The van der Waals surface area contributed by atoms with Gasteiger partial charge in [0.05, 0.1) is 13.2 Å². The number of hydrogen-bond donors (Lipinski definition) is 0. The van der Waals surface area contributed by atoms with Gasteiger partial charge in [0.25, 0.3) is 0 Å². The highest BCUT2D eigenvalue weighted by Gasteiger charge is 2.16. The molecular weight excluding hydrogens is 404 g/mol. The van der Waals surface area contributed by atoms with Crippen molar-refractivity contribution in [2.75, 3.05) is 13.2 Å². The van der Waals surface area contributed by atoms with E-state index in [0.717, 1.165) is 25.7 Å². The summed E-state index contributed by atoms with van der Waals surface area (Å²) in [6.07, 6.45) is 9.62. The molecule has 2 nitrogen and oxygen atoms in total. The Morgan fingerprint density at radius 2 is 1.18 bits per heavy atom. The minimum absolute atomic E-state index is 0.320. The predicted molar refractivity (Wildman–Crippen MR) is 139 cm³/mol. The van der Waals surface area contributed by atoms with Gasteiger partial charge in [0, 0.05) is 0 Å². The third kappa shape index (κ3) is 9.77. The van der Waals surface area contributed by atoms with Gasteiger partial charge < -0.3 is 9.47 Å². The van der Waals surface area contributed by atoms with Crippen LogP contribution in [0.2, 0.25) is 0 Å². The summed E-state index contributed by atoms with van der Waals surface area (Å²) in [6.45, 7) is 3.53. The molecule has 0 fully saturated rings. The van der Waals surface area contributed by atoms with E-state index in [4.69, 9.17) is 9.47 Å². The second-order valence-electron chi connectivity index (χ2n) is 8.49. The standard InChI is InChI=1S/C31H38O2/c1-2-3-4-14-21-30(26-29-19-12-7-13-20-29)31(32-24-22-27-15-8-5-9-16-27)33-25-23-28-17-10-6-11-18-28/h5-13,15-20,26,31H,2-4,14,21-25H2,1H3. The Balaban J connectivity index is 1.69. The molecule has 3 aromatic rings. The molecule has 0 aliphatic carbocycles. The fourth-order valence-corrected chi connectivity index (χ4v) is 3.90. The molecular formula is C31H38O2. The van der Waals surface area contributed by atoms with E-state index < -0.39 is 0 Å². The summed E-state index contributed by atoms with van der Waals surface area (Å²) in [6, 6.07) is 31.6. The highest BCUT2D eigenvalue weighted by molar-refractivity contribution is 5.53. The largest absolute Gasteiger partial charge is 0.348 e. The van der Waals surface area contributed by atoms with E-state index in [1.165, 1.54) is 41.5 Å². The fraction of sp³-hybridized carbons (Fsp3) is 0.355. The lowest BCUT2D eigenvalue weighted by molar-refractivity contribution is -0.118. The lowest BCUT2D eigenvalue weighted by Crippen LogP contribution is -2.23. The van der Waals surface area contributed by atoms with Gasteiger partial charge in [-0.15, -0.1) is 0 Å². The van der Waals surface area contributed by atoms with E-state index in [9.17, 15) is 0 Å². The summed E-state index contributed by atoms with van der Waals surface area (Å²) < 4.78 is 12.8. The Kier molecular flexibility index (Phi) is 11.5. The van der Waals surface area contributed by atoms with Crippen LogP contribution >= 0.6 is 0 Å². The van der Waals surface area contributed by atoms with Crippen molar-refractivity contribution in [3.63, 3.8) is 0 Å². The number of ether oxygens (including phenoxy) is 2. The Bertz CT molecular complexity index is 858. The molecule has 3 aromatic carbocycles. The van der Waals surface area contributed by atoms with Crippen molar-refractivity contribution in [1.29, 1.82) is 0 Å². The van der Waals surface area contributed by atoms with Crippen LogP contribution in [-0.2, 0) is 22.3 Å². The molecule has 2 heteroatoms. The first-order valence-corrected chi connectivity index (χ1v) is 12.4. The van der Waals surface area contributed by atoms with E-state index >= 15 is 0 Å². The van der Waals surface area contributed by atoms with Crippen LogP contribution in [0.5, 0.6) is 0 Å². The highest BCUT2D eigenvalue weighted by atomic mass is 16.7. The molecule has 0 aliphatic heterocycles. The van der Waals surface area contributed by atoms with Crippen LogP contribution in [0.4, 0.5) is 0 Å². The summed E-state index contributed by atoms with van der Waals surface area (Å²) >= 11 is 0. The minimum Gasteiger partial charge on any atom is -0.348 e. The van der Waals surface area contributed by atoms with Crippen LogP contribution in [0.15, 0.2) is 96.6 Å². The van der Waals surface area contributed by atoms with Crippen molar-refractivity contribution in [2.24, 2.45) is 0 Å². The zero-order valence-corrected chi connectivity index (χ0v) is 20.0. The number of hydrogen-bond acceptors (Lipinski definition) is 2. The SMILES string of the molecule is CCCCCCC(=Cc1ccccc1)C(OCCc1ccccc1)OCCc1ccccc1. The van der Waals surface area contributed by atoms with Crippen LogP contribution in [0.25, 0.3) is 6.08 Å². The summed E-state index contributed by atoms with van der Waals surface area (Å²) in [5.41, 5.74) is 5.01. The molecule has 0 aromatic heterocycles. The number of rotatable bonds is 15. The van der Waals surface area contributed by atoms with Gasteiger partial charge in [-0.1, -0.05) is 123 Å². The third-order valence-electron chi connectivity index (χ3n) is 5.78. The van der Waals surface area contributed by atoms with E-state index in [1.807, 2.05) is 0 Å². The fourth-order valence-electron chi connectivity index (χ4n) is 3.90. The third-order valence-corrected chi connectivity index (χ3v) is 5.78. The average Bonchev–Trinajstić information content (AvgIpc) is 2.87. The van der Waals surface area contributed by atoms with Gasteiger partial charge in [0.2, 0.25) is 0 Å². The molecule has 0 radical (unpaired) electrons. The summed E-state index contributed by atoms with van der Waals surface area (Å²) in [5.74, 6) is 0. The molecule has 0 bridgehead atoms. The highest BCUT2D eigenvalue weighted by Crippen LogP contribution is 2.22. The molecule has 3 rings (SSSR count). The lowest BCUT2D eigenvalue weighted by Gasteiger charge is -2.22. The molecule has 33 heavy (non-hydrogen) atoms.